The molecule has 0 saturated carbocycles. The van der Waals surface area contributed by atoms with Gasteiger partial charge in [0, 0.05) is 34.7 Å². The van der Waals surface area contributed by atoms with Crippen LogP contribution >= 0.6 is 31.9 Å². The Kier molecular flexibility index (Phi) is 4.59. The second-order valence-corrected chi connectivity index (χ2v) is 5.96. The van der Waals surface area contributed by atoms with Crippen LogP contribution in [-0.2, 0) is 13.5 Å². The fourth-order valence-electron chi connectivity index (χ4n) is 1.93. The van der Waals surface area contributed by atoms with Crippen LogP contribution in [0.3, 0.4) is 0 Å². The second kappa shape index (κ2) is 5.99. The first-order chi connectivity index (χ1) is 8.60. The molecule has 3 nitrogen and oxygen atoms in total. The Bertz CT molecular complexity index is 537. The van der Waals surface area contributed by atoms with Crippen LogP contribution in [0, 0.1) is 0 Å². The Morgan fingerprint density at radius 3 is 2.72 bits per heavy atom. The number of nitrogens with zero attached hydrogens (tertiary/aromatic N) is 2. The Morgan fingerprint density at radius 1 is 1.33 bits per heavy atom. The van der Waals surface area contributed by atoms with Crippen molar-refractivity contribution in [3.8, 4) is 0 Å². The predicted molar refractivity (Wildman–Crippen MR) is 80.6 cm³/mol. The molecule has 1 aromatic carbocycles. The Morgan fingerprint density at radius 2 is 2.11 bits per heavy atom. The van der Waals surface area contributed by atoms with Crippen LogP contribution in [0.25, 0.3) is 0 Å². The van der Waals surface area contributed by atoms with E-state index in [2.05, 4.69) is 60.5 Å². The molecule has 18 heavy (non-hydrogen) atoms. The van der Waals surface area contributed by atoms with Crippen LogP contribution in [0.1, 0.15) is 17.3 Å². The lowest BCUT2D eigenvalue weighted by molar-refractivity contribution is 0.575. The van der Waals surface area contributed by atoms with E-state index in [0.29, 0.717) is 0 Å². The number of benzene rings is 1. The number of aryl methyl sites for hydroxylation is 1. The highest BCUT2D eigenvalue weighted by Crippen LogP contribution is 2.28. The van der Waals surface area contributed by atoms with Gasteiger partial charge in [-0.2, -0.15) is 5.10 Å². The number of hydrogen-bond acceptors (Lipinski definition) is 2. The van der Waals surface area contributed by atoms with Gasteiger partial charge in [0.15, 0.2) is 0 Å². The van der Waals surface area contributed by atoms with Crippen LogP contribution in [-0.4, -0.2) is 16.8 Å². The summed E-state index contributed by atoms with van der Waals surface area (Å²) in [6, 6.07) is 8.51. The van der Waals surface area contributed by atoms with Crippen molar-refractivity contribution in [2.24, 2.45) is 7.05 Å². The molecule has 0 spiro atoms. The zero-order valence-corrected chi connectivity index (χ0v) is 13.5. The van der Waals surface area contributed by atoms with E-state index >= 15 is 0 Å². The zero-order valence-electron chi connectivity index (χ0n) is 10.3. The van der Waals surface area contributed by atoms with Crippen molar-refractivity contribution in [2.75, 3.05) is 7.05 Å². The highest BCUT2D eigenvalue weighted by atomic mass is 79.9. The standard InChI is InChI=1S/C13H15Br2N3/c1-16-13(8-10-5-6-18(2)17-10)11-7-9(14)3-4-12(11)15/h3-7,13,16H,8H2,1-2H3. The van der Waals surface area contributed by atoms with Crippen molar-refractivity contribution in [2.45, 2.75) is 12.5 Å². The Labute approximate surface area is 124 Å². The van der Waals surface area contributed by atoms with Gasteiger partial charge in [-0.25, -0.2) is 0 Å². The van der Waals surface area contributed by atoms with Crippen LogP contribution in [0.5, 0.6) is 0 Å². The van der Waals surface area contributed by atoms with Gasteiger partial charge in [-0.15, -0.1) is 0 Å². The molecular formula is C13H15Br2N3. The zero-order chi connectivity index (χ0) is 13.1. The second-order valence-electron chi connectivity index (χ2n) is 4.19. The third-order valence-corrected chi connectivity index (χ3v) is 4.08. The van der Waals surface area contributed by atoms with Gasteiger partial charge < -0.3 is 5.32 Å². The lowest BCUT2D eigenvalue weighted by Crippen LogP contribution is -2.19. The van der Waals surface area contributed by atoms with Crippen molar-refractivity contribution in [1.82, 2.24) is 15.1 Å². The molecule has 0 aliphatic heterocycles. The molecule has 1 N–H and O–H groups in total. The summed E-state index contributed by atoms with van der Waals surface area (Å²) in [4.78, 5) is 0. The number of halogens is 2. The Hall–Kier alpha value is -0.650. The highest BCUT2D eigenvalue weighted by Gasteiger charge is 2.15. The molecule has 2 rings (SSSR count). The van der Waals surface area contributed by atoms with Gasteiger partial charge in [0.05, 0.1) is 5.69 Å². The van der Waals surface area contributed by atoms with E-state index in [-0.39, 0.29) is 6.04 Å². The molecular weight excluding hydrogens is 358 g/mol. The number of rotatable bonds is 4. The number of likely N-dealkylation sites (N-methyl/N-ethyl adjacent to an activating group) is 1. The maximum Gasteiger partial charge on any atom is 0.0643 e. The topological polar surface area (TPSA) is 29.9 Å². The average molecular weight is 373 g/mol. The number of aromatic nitrogens is 2. The summed E-state index contributed by atoms with van der Waals surface area (Å²) in [6.07, 6.45) is 2.84. The predicted octanol–water partition coefficient (Wildman–Crippen LogP) is 3.45. The summed E-state index contributed by atoms with van der Waals surface area (Å²) in [6.45, 7) is 0. The number of hydrogen-bond donors (Lipinski definition) is 1. The van der Waals surface area contributed by atoms with Gasteiger partial charge >= 0.3 is 0 Å². The molecule has 2 aromatic rings. The van der Waals surface area contributed by atoms with Gasteiger partial charge in [0.1, 0.15) is 0 Å². The lowest BCUT2D eigenvalue weighted by atomic mass is 10.0. The smallest absolute Gasteiger partial charge is 0.0643 e. The maximum atomic E-state index is 4.43. The van der Waals surface area contributed by atoms with Gasteiger partial charge in [-0.1, -0.05) is 31.9 Å². The molecule has 0 aliphatic carbocycles. The summed E-state index contributed by atoms with van der Waals surface area (Å²) in [5.41, 5.74) is 2.32. The SMILES string of the molecule is CNC(Cc1ccn(C)n1)c1cc(Br)ccc1Br. The maximum absolute atomic E-state index is 4.43. The molecule has 0 saturated heterocycles. The van der Waals surface area contributed by atoms with Crippen LogP contribution in [0.2, 0.25) is 0 Å². The van der Waals surface area contributed by atoms with Crippen LogP contribution in [0.4, 0.5) is 0 Å². The minimum atomic E-state index is 0.242. The van der Waals surface area contributed by atoms with Gasteiger partial charge in [0.2, 0.25) is 0 Å². The van der Waals surface area contributed by atoms with E-state index in [4.69, 9.17) is 0 Å². The average Bonchev–Trinajstić information content (AvgIpc) is 2.75. The van der Waals surface area contributed by atoms with Gasteiger partial charge in [-0.05, 0) is 36.9 Å². The lowest BCUT2D eigenvalue weighted by Gasteiger charge is -2.17. The third-order valence-electron chi connectivity index (χ3n) is 2.86. The fraction of sp³-hybridized carbons (Fsp3) is 0.308. The first-order valence-electron chi connectivity index (χ1n) is 5.71. The molecule has 1 atom stereocenters. The van der Waals surface area contributed by atoms with Crippen molar-refractivity contribution in [3.05, 3.63) is 50.7 Å². The van der Waals surface area contributed by atoms with Crippen molar-refractivity contribution in [1.29, 1.82) is 0 Å². The normalized spacial score (nSPS) is 12.7. The summed E-state index contributed by atoms with van der Waals surface area (Å²) >= 11 is 7.12. The fourth-order valence-corrected chi connectivity index (χ4v) is 2.83. The van der Waals surface area contributed by atoms with Crippen molar-refractivity contribution < 1.29 is 0 Å². The van der Waals surface area contributed by atoms with E-state index < -0.39 is 0 Å². The molecule has 0 amide bonds. The molecule has 0 radical (unpaired) electrons. The van der Waals surface area contributed by atoms with E-state index in [1.165, 1.54) is 5.56 Å². The highest BCUT2D eigenvalue weighted by molar-refractivity contribution is 9.11. The monoisotopic (exact) mass is 371 g/mol. The third kappa shape index (κ3) is 3.22. The minimum Gasteiger partial charge on any atom is -0.313 e. The number of nitrogens with one attached hydrogen (secondary N) is 1. The molecule has 96 valence electrons. The first kappa shape index (κ1) is 13.8. The van der Waals surface area contributed by atoms with Gasteiger partial charge in [-0.3, -0.25) is 4.68 Å². The minimum absolute atomic E-state index is 0.242. The molecule has 0 bridgehead atoms. The Balaban J connectivity index is 2.25. The van der Waals surface area contributed by atoms with E-state index in [9.17, 15) is 0 Å². The van der Waals surface area contributed by atoms with Crippen LogP contribution in [0.15, 0.2) is 39.4 Å². The summed E-state index contributed by atoms with van der Waals surface area (Å²) < 4.78 is 4.03. The van der Waals surface area contributed by atoms with E-state index in [0.717, 1.165) is 21.1 Å². The quantitative estimate of drug-likeness (QED) is 0.890. The van der Waals surface area contributed by atoms with Gasteiger partial charge in [0.25, 0.3) is 0 Å². The van der Waals surface area contributed by atoms with E-state index in [1.54, 1.807) is 0 Å². The molecule has 1 aromatic heterocycles. The van der Waals surface area contributed by atoms with Crippen LogP contribution < -0.4 is 5.32 Å². The first-order valence-corrected chi connectivity index (χ1v) is 7.29. The summed E-state index contributed by atoms with van der Waals surface area (Å²) in [7, 11) is 3.91. The van der Waals surface area contributed by atoms with Crippen molar-refractivity contribution >= 4 is 31.9 Å². The molecule has 5 heteroatoms. The summed E-state index contributed by atoms with van der Waals surface area (Å²) in [5.74, 6) is 0. The molecule has 0 fully saturated rings. The molecule has 1 unspecified atom stereocenters. The summed E-state index contributed by atoms with van der Waals surface area (Å²) in [5, 5.41) is 7.77. The molecule has 1 heterocycles. The van der Waals surface area contributed by atoms with E-state index in [1.807, 2.05) is 31.0 Å². The largest absolute Gasteiger partial charge is 0.313 e. The van der Waals surface area contributed by atoms with Crippen molar-refractivity contribution in [3.63, 3.8) is 0 Å². The molecule has 0 aliphatic rings.